The predicted octanol–water partition coefficient (Wildman–Crippen LogP) is 2.19. The molecule has 0 saturated heterocycles. The second kappa shape index (κ2) is 6.85. The van der Waals surface area contributed by atoms with Gasteiger partial charge in [-0.15, -0.1) is 0 Å². The third-order valence-corrected chi connectivity index (χ3v) is 4.59. The molecule has 20 heavy (non-hydrogen) atoms. The van der Waals surface area contributed by atoms with Crippen molar-refractivity contribution in [3.8, 4) is 0 Å². The molecule has 1 atom stereocenters. The van der Waals surface area contributed by atoms with Crippen LogP contribution in [0.15, 0.2) is 29.2 Å². The van der Waals surface area contributed by atoms with Gasteiger partial charge in [0.25, 0.3) is 0 Å². The number of carbonyl (C=O) groups excluding carboxylic acids is 1. The first kappa shape index (κ1) is 16.7. The first-order valence-corrected chi connectivity index (χ1v) is 8.05. The molecule has 0 aromatic heterocycles. The van der Waals surface area contributed by atoms with Crippen molar-refractivity contribution in [2.24, 2.45) is 5.92 Å². The highest BCUT2D eigenvalue weighted by molar-refractivity contribution is 7.89. The van der Waals surface area contributed by atoms with E-state index in [2.05, 4.69) is 4.72 Å². The van der Waals surface area contributed by atoms with Crippen molar-refractivity contribution in [3.05, 3.63) is 29.8 Å². The number of esters is 1. The highest BCUT2D eigenvalue weighted by Gasteiger charge is 2.19. The second-order valence-corrected chi connectivity index (χ2v) is 6.61. The summed E-state index contributed by atoms with van der Waals surface area (Å²) in [5.74, 6) is -0.261. The van der Waals surface area contributed by atoms with Gasteiger partial charge in [0.2, 0.25) is 10.0 Å². The average Bonchev–Trinajstić information content (AvgIpc) is 2.38. The van der Waals surface area contributed by atoms with Gasteiger partial charge in [0.15, 0.2) is 0 Å². The Morgan fingerprint density at radius 2 is 1.75 bits per heavy atom. The summed E-state index contributed by atoms with van der Waals surface area (Å²) in [6, 6.07) is 5.55. The average molecular weight is 299 g/mol. The van der Waals surface area contributed by atoms with Crippen molar-refractivity contribution >= 4 is 16.0 Å². The van der Waals surface area contributed by atoms with Crippen LogP contribution in [0.4, 0.5) is 0 Å². The van der Waals surface area contributed by atoms with Crippen LogP contribution in [0.2, 0.25) is 0 Å². The van der Waals surface area contributed by atoms with Gasteiger partial charge in [-0.1, -0.05) is 13.8 Å². The third-order valence-electron chi connectivity index (χ3n) is 3.02. The fourth-order valence-electron chi connectivity index (χ4n) is 1.43. The number of rotatable bonds is 6. The maximum Gasteiger partial charge on any atom is 0.338 e. The Hall–Kier alpha value is -1.40. The summed E-state index contributed by atoms with van der Waals surface area (Å²) in [5, 5.41) is 0. The third kappa shape index (κ3) is 4.31. The quantitative estimate of drug-likeness (QED) is 0.817. The lowest BCUT2D eigenvalue weighted by Gasteiger charge is -2.17. The van der Waals surface area contributed by atoms with Crippen LogP contribution in [0, 0.1) is 5.92 Å². The van der Waals surface area contributed by atoms with E-state index in [9.17, 15) is 13.2 Å². The molecular formula is C14H21NO4S. The topological polar surface area (TPSA) is 72.5 Å². The molecule has 0 aliphatic heterocycles. The lowest BCUT2D eigenvalue weighted by atomic mass is 10.1. The molecule has 5 nitrogen and oxygen atoms in total. The minimum Gasteiger partial charge on any atom is -0.462 e. The van der Waals surface area contributed by atoms with E-state index in [1.165, 1.54) is 24.3 Å². The summed E-state index contributed by atoms with van der Waals surface area (Å²) < 4.78 is 31.7. The maximum absolute atomic E-state index is 12.1. The minimum atomic E-state index is -3.56. The van der Waals surface area contributed by atoms with Gasteiger partial charge in [0.05, 0.1) is 17.1 Å². The van der Waals surface area contributed by atoms with E-state index in [-0.39, 0.29) is 23.5 Å². The zero-order chi connectivity index (χ0) is 15.3. The highest BCUT2D eigenvalue weighted by Crippen LogP contribution is 2.13. The number of benzene rings is 1. The van der Waals surface area contributed by atoms with Gasteiger partial charge in [-0.25, -0.2) is 17.9 Å². The molecule has 1 rings (SSSR count). The zero-order valence-electron chi connectivity index (χ0n) is 12.2. The lowest BCUT2D eigenvalue weighted by Crippen LogP contribution is -2.36. The molecule has 6 heteroatoms. The van der Waals surface area contributed by atoms with Crippen LogP contribution in [-0.2, 0) is 14.8 Å². The molecule has 0 spiro atoms. The fourth-order valence-corrected chi connectivity index (χ4v) is 2.83. The molecule has 0 unspecified atom stereocenters. The van der Waals surface area contributed by atoms with Gasteiger partial charge < -0.3 is 4.74 Å². The van der Waals surface area contributed by atoms with E-state index in [1.807, 2.05) is 20.8 Å². The van der Waals surface area contributed by atoms with E-state index in [1.54, 1.807) is 6.92 Å². The van der Waals surface area contributed by atoms with Crippen molar-refractivity contribution in [3.63, 3.8) is 0 Å². The molecular weight excluding hydrogens is 278 g/mol. The minimum absolute atomic E-state index is 0.137. The molecule has 1 aromatic rings. The van der Waals surface area contributed by atoms with Crippen molar-refractivity contribution < 1.29 is 17.9 Å². The molecule has 1 N–H and O–H groups in total. The van der Waals surface area contributed by atoms with Gasteiger partial charge in [-0.05, 0) is 44.0 Å². The summed E-state index contributed by atoms with van der Waals surface area (Å²) in [4.78, 5) is 11.6. The number of nitrogens with one attached hydrogen (secondary N) is 1. The van der Waals surface area contributed by atoms with Crippen LogP contribution in [0.5, 0.6) is 0 Å². The molecule has 0 saturated carbocycles. The zero-order valence-corrected chi connectivity index (χ0v) is 13.0. The number of hydrogen-bond donors (Lipinski definition) is 1. The van der Waals surface area contributed by atoms with Crippen molar-refractivity contribution in [1.82, 2.24) is 4.72 Å². The van der Waals surface area contributed by atoms with Crippen LogP contribution < -0.4 is 4.72 Å². The molecule has 112 valence electrons. The molecule has 0 radical (unpaired) electrons. The van der Waals surface area contributed by atoms with E-state index in [0.717, 1.165) is 0 Å². The number of ether oxygens (including phenoxy) is 1. The molecule has 1 aromatic carbocycles. The Bertz CT molecular complexity index is 549. The molecule has 0 amide bonds. The first-order valence-electron chi connectivity index (χ1n) is 6.57. The van der Waals surface area contributed by atoms with E-state index in [4.69, 9.17) is 4.74 Å². The maximum atomic E-state index is 12.1. The van der Waals surface area contributed by atoms with Gasteiger partial charge in [-0.2, -0.15) is 0 Å². The summed E-state index contributed by atoms with van der Waals surface area (Å²) in [5.41, 5.74) is 0.336. The highest BCUT2D eigenvalue weighted by atomic mass is 32.2. The summed E-state index contributed by atoms with van der Waals surface area (Å²) in [6.45, 7) is 7.70. The van der Waals surface area contributed by atoms with E-state index < -0.39 is 16.0 Å². The lowest BCUT2D eigenvalue weighted by molar-refractivity contribution is 0.0526. The van der Waals surface area contributed by atoms with Crippen LogP contribution in [0.3, 0.4) is 0 Å². The van der Waals surface area contributed by atoms with Crippen LogP contribution in [0.1, 0.15) is 38.1 Å². The van der Waals surface area contributed by atoms with Crippen molar-refractivity contribution in [2.45, 2.75) is 38.6 Å². The monoisotopic (exact) mass is 299 g/mol. The largest absolute Gasteiger partial charge is 0.462 e. The summed E-state index contributed by atoms with van der Waals surface area (Å²) >= 11 is 0. The Labute approximate surface area is 120 Å². The molecule has 0 aliphatic carbocycles. The van der Waals surface area contributed by atoms with Gasteiger partial charge in [-0.3, -0.25) is 0 Å². The molecule has 0 fully saturated rings. The fraction of sp³-hybridized carbons (Fsp3) is 0.500. The van der Waals surface area contributed by atoms with Crippen LogP contribution in [-0.4, -0.2) is 27.0 Å². The van der Waals surface area contributed by atoms with Gasteiger partial charge >= 0.3 is 5.97 Å². The van der Waals surface area contributed by atoms with Crippen molar-refractivity contribution in [1.29, 1.82) is 0 Å². The Morgan fingerprint density at radius 1 is 1.20 bits per heavy atom. The number of hydrogen-bond acceptors (Lipinski definition) is 4. The molecule has 0 bridgehead atoms. The van der Waals surface area contributed by atoms with Crippen LogP contribution >= 0.6 is 0 Å². The second-order valence-electron chi connectivity index (χ2n) is 4.90. The van der Waals surface area contributed by atoms with Gasteiger partial charge in [0, 0.05) is 6.04 Å². The van der Waals surface area contributed by atoms with Gasteiger partial charge in [0.1, 0.15) is 0 Å². The first-order chi connectivity index (χ1) is 9.27. The Balaban J connectivity index is 2.90. The Morgan fingerprint density at radius 3 is 2.20 bits per heavy atom. The van der Waals surface area contributed by atoms with E-state index >= 15 is 0 Å². The number of carbonyl (C=O) groups is 1. The number of sulfonamides is 1. The predicted molar refractivity (Wildman–Crippen MR) is 77.0 cm³/mol. The van der Waals surface area contributed by atoms with E-state index in [0.29, 0.717) is 5.56 Å². The SMILES string of the molecule is CCOC(=O)c1ccc(S(=O)(=O)N[C@@H](C)C(C)C)cc1. The molecule has 0 heterocycles. The van der Waals surface area contributed by atoms with Crippen molar-refractivity contribution in [2.75, 3.05) is 6.61 Å². The summed E-state index contributed by atoms with van der Waals surface area (Å²) in [7, 11) is -3.56. The Kier molecular flexibility index (Phi) is 5.71. The normalized spacial score (nSPS) is 13.2. The smallest absolute Gasteiger partial charge is 0.338 e. The standard InChI is InChI=1S/C14H21NO4S/c1-5-19-14(16)12-6-8-13(9-7-12)20(17,18)15-11(4)10(2)3/h6-11,15H,5H2,1-4H3/t11-/m0/s1. The molecule has 0 aliphatic rings. The summed E-state index contributed by atoms with van der Waals surface area (Å²) in [6.07, 6.45) is 0. The van der Waals surface area contributed by atoms with Crippen LogP contribution in [0.25, 0.3) is 0 Å².